The highest BCUT2D eigenvalue weighted by Gasteiger charge is 2.48. The van der Waals surface area contributed by atoms with Gasteiger partial charge in [0.05, 0.1) is 23.9 Å². The third-order valence-electron chi connectivity index (χ3n) is 6.06. The number of hydrogen-bond acceptors (Lipinski definition) is 9. The van der Waals surface area contributed by atoms with Gasteiger partial charge in [-0.15, -0.1) is 0 Å². The third kappa shape index (κ3) is 5.70. The quantitative estimate of drug-likeness (QED) is 0.0872. The van der Waals surface area contributed by atoms with E-state index in [0.717, 1.165) is 29.1 Å². The Bertz CT molecular complexity index is 1420. The lowest BCUT2D eigenvalue weighted by Gasteiger charge is -2.23. The second-order valence-corrected chi connectivity index (χ2v) is 9.76. The molecule has 4 rings (SSSR count). The van der Waals surface area contributed by atoms with Gasteiger partial charge in [0.2, 0.25) is 0 Å². The number of rotatable bonds is 10. The van der Waals surface area contributed by atoms with E-state index in [2.05, 4.69) is 18.5 Å². The first kappa shape index (κ1) is 27.6. The van der Waals surface area contributed by atoms with Crippen LogP contribution in [0.5, 0.6) is 11.5 Å². The van der Waals surface area contributed by atoms with Crippen molar-refractivity contribution in [2.75, 3.05) is 18.1 Å². The van der Waals surface area contributed by atoms with Crippen molar-refractivity contribution in [2.24, 2.45) is 0 Å². The predicted molar refractivity (Wildman–Crippen MR) is 147 cm³/mol. The zero-order valence-corrected chi connectivity index (χ0v) is 22.4. The fraction of sp³-hybridized carbons (Fsp3) is 0.241. The van der Waals surface area contributed by atoms with E-state index in [1.165, 1.54) is 18.2 Å². The molecule has 2 aromatic carbocycles. The lowest BCUT2D eigenvalue weighted by atomic mass is 9.95. The summed E-state index contributed by atoms with van der Waals surface area (Å²) >= 11 is 0.906. The van der Waals surface area contributed by atoms with Crippen LogP contribution < -0.4 is 9.64 Å². The minimum Gasteiger partial charge on any atom is -0.508 e. The Morgan fingerprint density at radius 3 is 2.49 bits per heavy atom. The van der Waals surface area contributed by atoms with Crippen molar-refractivity contribution in [1.29, 1.82) is 0 Å². The highest BCUT2D eigenvalue weighted by atomic mass is 32.1. The van der Waals surface area contributed by atoms with Crippen molar-refractivity contribution in [2.45, 2.75) is 32.7 Å². The number of nitrogens with zero attached hydrogens (tertiary/aromatic N) is 2. The number of aryl methyl sites for hydroxylation is 1. The Morgan fingerprint density at radius 1 is 1.15 bits per heavy atom. The number of anilines is 1. The molecule has 0 bridgehead atoms. The van der Waals surface area contributed by atoms with E-state index in [0.29, 0.717) is 29.2 Å². The Labute approximate surface area is 229 Å². The minimum absolute atomic E-state index is 0.00592. The highest BCUT2D eigenvalue weighted by molar-refractivity contribution is 7.17. The zero-order chi connectivity index (χ0) is 28.1. The number of carbonyl (C=O) groups excluding carboxylic acids is 3. The van der Waals surface area contributed by atoms with Crippen LogP contribution in [0.4, 0.5) is 5.13 Å². The van der Waals surface area contributed by atoms with Gasteiger partial charge < -0.3 is 19.7 Å². The van der Waals surface area contributed by atoms with Crippen molar-refractivity contribution >= 4 is 39.9 Å². The molecule has 1 fully saturated rings. The highest BCUT2D eigenvalue weighted by Crippen LogP contribution is 2.44. The molecular formula is C29H28N2O7S. The summed E-state index contributed by atoms with van der Waals surface area (Å²) in [4.78, 5) is 44.9. The largest absolute Gasteiger partial charge is 0.508 e. The summed E-state index contributed by atoms with van der Waals surface area (Å²) in [7, 11) is 0. The molecule has 0 unspecified atom stereocenters. The Balaban J connectivity index is 1.79. The lowest BCUT2D eigenvalue weighted by molar-refractivity contribution is -0.132. The maximum absolute atomic E-state index is 13.4. The first-order valence-electron chi connectivity index (χ1n) is 12.3. The minimum atomic E-state index is -1.06. The summed E-state index contributed by atoms with van der Waals surface area (Å²) < 4.78 is 10.8. The Morgan fingerprint density at radius 2 is 1.85 bits per heavy atom. The number of ether oxygens (including phenoxy) is 2. The van der Waals surface area contributed by atoms with Crippen LogP contribution in [0.25, 0.3) is 5.76 Å². The molecule has 1 aliphatic rings. The van der Waals surface area contributed by atoms with Crippen LogP contribution in [0.2, 0.25) is 0 Å². The van der Waals surface area contributed by atoms with Gasteiger partial charge in [0.25, 0.3) is 5.78 Å². The second-order valence-electron chi connectivity index (χ2n) is 8.79. The number of amides is 1. The standard InChI is InChI=1S/C29H28N2O7S/c1-4-6-16-37-21-13-9-19(10-14-21)24(33)22-23(18-7-11-20(32)12-8-18)31(27(35)25(22)34)29-30-17(3)26(39-29)28(36)38-15-5-2/h5,7-14,23,32-33H,2,4,6,15-16H2,1,3H3/t23-/m0/s1. The molecule has 3 aromatic rings. The molecule has 2 N–H and O–H groups in total. The average Bonchev–Trinajstić information content (AvgIpc) is 3.44. The molecule has 39 heavy (non-hydrogen) atoms. The lowest BCUT2D eigenvalue weighted by Crippen LogP contribution is -2.29. The number of benzene rings is 2. The molecule has 0 spiro atoms. The Kier molecular flexibility index (Phi) is 8.46. The van der Waals surface area contributed by atoms with Crippen molar-refractivity contribution < 1.29 is 34.1 Å². The number of aliphatic hydroxyl groups is 1. The number of phenols is 1. The van der Waals surface area contributed by atoms with Crippen LogP contribution in [0.3, 0.4) is 0 Å². The first-order chi connectivity index (χ1) is 18.8. The number of carbonyl (C=O) groups is 3. The monoisotopic (exact) mass is 548 g/mol. The molecule has 1 aliphatic heterocycles. The smallest absolute Gasteiger partial charge is 0.350 e. The summed E-state index contributed by atoms with van der Waals surface area (Å²) in [6.45, 7) is 7.75. The van der Waals surface area contributed by atoms with Gasteiger partial charge in [-0.2, -0.15) is 0 Å². The molecule has 202 valence electrons. The molecule has 2 heterocycles. The number of ketones is 1. The number of aliphatic hydroxyl groups excluding tert-OH is 1. The number of hydrogen-bond donors (Lipinski definition) is 2. The summed E-state index contributed by atoms with van der Waals surface area (Å²) in [6.07, 6.45) is 3.33. The first-order valence-corrected chi connectivity index (χ1v) is 13.2. The van der Waals surface area contributed by atoms with Crippen molar-refractivity contribution in [3.05, 3.63) is 88.5 Å². The fourth-order valence-corrected chi connectivity index (χ4v) is 5.06. The fourth-order valence-electron chi connectivity index (χ4n) is 4.08. The van der Waals surface area contributed by atoms with Gasteiger partial charge in [0, 0.05) is 5.56 Å². The van der Waals surface area contributed by atoms with Crippen LogP contribution in [0.15, 0.2) is 66.8 Å². The van der Waals surface area contributed by atoms with E-state index in [1.807, 2.05) is 0 Å². The van der Waals surface area contributed by atoms with Crippen molar-refractivity contribution in [3.8, 4) is 11.5 Å². The molecule has 10 heteroatoms. The normalized spacial score (nSPS) is 16.4. The van der Waals surface area contributed by atoms with Gasteiger partial charge in [0.15, 0.2) is 5.13 Å². The summed E-state index contributed by atoms with van der Waals surface area (Å²) in [5.41, 5.74) is 0.961. The summed E-state index contributed by atoms with van der Waals surface area (Å²) in [5.74, 6) is -2.20. The van der Waals surface area contributed by atoms with E-state index in [-0.39, 0.29) is 33.7 Å². The SMILES string of the molecule is C=CCOC(=O)c1sc(N2C(=O)C(=O)C(=C(O)c3ccc(OCCCC)cc3)[C@@H]2c2ccc(O)cc2)nc1C. The number of thiazole rings is 1. The molecule has 1 saturated heterocycles. The number of esters is 1. The van der Waals surface area contributed by atoms with Gasteiger partial charge in [0.1, 0.15) is 28.7 Å². The third-order valence-corrected chi connectivity index (χ3v) is 7.19. The molecular weight excluding hydrogens is 520 g/mol. The summed E-state index contributed by atoms with van der Waals surface area (Å²) in [6, 6.07) is 11.5. The molecule has 1 atom stereocenters. The number of unbranched alkanes of at least 4 members (excludes halogenated alkanes) is 1. The molecule has 0 saturated carbocycles. The van der Waals surface area contributed by atoms with Crippen LogP contribution in [-0.2, 0) is 14.3 Å². The van der Waals surface area contributed by atoms with E-state index < -0.39 is 23.7 Å². The van der Waals surface area contributed by atoms with Gasteiger partial charge in [-0.1, -0.05) is 49.5 Å². The average molecular weight is 549 g/mol. The number of phenolic OH excluding ortho intramolecular Hbond substituents is 1. The van der Waals surface area contributed by atoms with Gasteiger partial charge in [-0.3, -0.25) is 14.5 Å². The number of Topliss-reactive ketones (excluding diaryl/α,β-unsaturated/α-hetero) is 1. The molecule has 1 aromatic heterocycles. The van der Waals surface area contributed by atoms with E-state index in [4.69, 9.17) is 9.47 Å². The van der Waals surface area contributed by atoms with Crippen LogP contribution in [-0.4, -0.2) is 46.1 Å². The van der Waals surface area contributed by atoms with Crippen LogP contribution >= 0.6 is 11.3 Å². The summed E-state index contributed by atoms with van der Waals surface area (Å²) in [5, 5.41) is 21.2. The second kappa shape index (κ2) is 12.0. The van der Waals surface area contributed by atoms with Crippen LogP contribution in [0, 0.1) is 6.92 Å². The number of aromatic nitrogens is 1. The predicted octanol–water partition coefficient (Wildman–Crippen LogP) is 5.31. The molecule has 1 amide bonds. The van der Waals surface area contributed by atoms with Gasteiger partial charge in [-0.05, 0) is 55.3 Å². The van der Waals surface area contributed by atoms with Crippen LogP contribution in [0.1, 0.15) is 52.3 Å². The van der Waals surface area contributed by atoms with E-state index >= 15 is 0 Å². The van der Waals surface area contributed by atoms with E-state index in [9.17, 15) is 24.6 Å². The Hall–Kier alpha value is -4.44. The van der Waals surface area contributed by atoms with Gasteiger partial charge in [-0.25, -0.2) is 9.78 Å². The molecule has 0 radical (unpaired) electrons. The van der Waals surface area contributed by atoms with Crippen molar-refractivity contribution in [1.82, 2.24) is 4.98 Å². The van der Waals surface area contributed by atoms with Crippen molar-refractivity contribution in [3.63, 3.8) is 0 Å². The van der Waals surface area contributed by atoms with Gasteiger partial charge >= 0.3 is 11.9 Å². The molecule has 0 aliphatic carbocycles. The van der Waals surface area contributed by atoms with E-state index in [1.54, 1.807) is 43.3 Å². The molecule has 9 nitrogen and oxygen atoms in total. The maximum Gasteiger partial charge on any atom is 0.350 e. The zero-order valence-electron chi connectivity index (χ0n) is 21.5. The maximum atomic E-state index is 13.4. The topological polar surface area (TPSA) is 126 Å². The number of aromatic hydroxyl groups is 1.